The third-order valence-corrected chi connectivity index (χ3v) is 3.24. The first kappa shape index (κ1) is 13.1. The number of thioether (sulfide) groups is 1. The van der Waals surface area contributed by atoms with E-state index in [9.17, 15) is 0 Å². The Bertz CT molecular complexity index is 316. The number of benzene rings is 1. The Kier molecular flexibility index (Phi) is 5.96. The summed E-state index contributed by atoms with van der Waals surface area (Å²) >= 11 is 1.50. The fourth-order valence-corrected chi connectivity index (χ4v) is 2.30. The van der Waals surface area contributed by atoms with Crippen LogP contribution in [0.1, 0.15) is 24.2 Å². The van der Waals surface area contributed by atoms with E-state index >= 15 is 0 Å². The third kappa shape index (κ3) is 4.68. The van der Waals surface area contributed by atoms with Crippen LogP contribution in [0.25, 0.3) is 0 Å². The Morgan fingerprint density at radius 1 is 1.44 bits per heavy atom. The molecule has 0 fully saturated rings. The molecule has 3 nitrogen and oxygen atoms in total. The fraction of sp³-hybridized carbons (Fsp3) is 0.417. The normalized spacial score (nSPS) is 12.3. The minimum absolute atomic E-state index is 0.276. The average Bonchev–Trinajstić information content (AvgIpc) is 2.29. The Balaban J connectivity index is 2.60. The van der Waals surface area contributed by atoms with Crippen molar-refractivity contribution >= 4 is 16.9 Å². The van der Waals surface area contributed by atoms with Crippen LogP contribution in [-0.2, 0) is 4.74 Å². The van der Waals surface area contributed by atoms with Gasteiger partial charge < -0.3 is 4.74 Å². The molecule has 0 saturated heterocycles. The van der Waals surface area contributed by atoms with Gasteiger partial charge in [0.25, 0.3) is 5.17 Å². The molecule has 1 atom stereocenters. The quantitative estimate of drug-likeness (QED) is 0.441. The zero-order valence-electron chi connectivity index (χ0n) is 9.56. The van der Waals surface area contributed by atoms with Gasteiger partial charge in [-0.3, -0.25) is 11.1 Å². The lowest BCUT2D eigenvalue weighted by Gasteiger charge is -2.14. The van der Waals surface area contributed by atoms with Gasteiger partial charge in [-0.2, -0.15) is 0 Å². The zero-order valence-corrected chi connectivity index (χ0v) is 10.4. The molecule has 4 N–H and O–H groups in total. The molecule has 1 rings (SSSR count). The highest BCUT2D eigenvalue weighted by Crippen LogP contribution is 2.30. The molecular weight excluding hydrogens is 220 g/mol. The second kappa shape index (κ2) is 7.30. The van der Waals surface area contributed by atoms with E-state index < -0.39 is 0 Å². The maximum Gasteiger partial charge on any atom is 0.300 e. The van der Waals surface area contributed by atoms with E-state index in [1.165, 1.54) is 17.3 Å². The molecule has 1 aromatic carbocycles. The van der Waals surface area contributed by atoms with Gasteiger partial charge in [0.15, 0.2) is 0 Å². The number of nitrogens with two attached hydrogens (primary N) is 2. The molecule has 0 aliphatic rings. The van der Waals surface area contributed by atoms with Crippen molar-refractivity contribution in [3.05, 3.63) is 35.9 Å². The second-order valence-electron chi connectivity index (χ2n) is 3.41. The van der Waals surface area contributed by atoms with E-state index in [-0.39, 0.29) is 5.25 Å². The standard InChI is InChI=1S/C12H18N2OS/c1-2-15-9-8-11(16-12(13)14)10-6-4-3-5-7-10/h3-7,11H,2,8-9H2,1H3,(H3,13,14)/p+1. The van der Waals surface area contributed by atoms with Crippen molar-refractivity contribution in [1.29, 1.82) is 0 Å². The van der Waals surface area contributed by atoms with E-state index in [2.05, 4.69) is 12.1 Å². The van der Waals surface area contributed by atoms with Crippen LogP contribution in [0, 0.1) is 0 Å². The molecule has 0 saturated carbocycles. The fourth-order valence-electron chi connectivity index (χ4n) is 1.46. The number of hydrogen-bond acceptors (Lipinski definition) is 2. The predicted molar refractivity (Wildman–Crippen MR) is 69.0 cm³/mol. The average molecular weight is 239 g/mol. The van der Waals surface area contributed by atoms with Gasteiger partial charge in [0, 0.05) is 18.5 Å². The van der Waals surface area contributed by atoms with E-state index in [1.807, 2.05) is 25.1 Å². The van der Waals surface area contributed by atoms with Gasteiger partial charge in [0.2, 0.25) is 0 Å². The van der Waals surface area contributed by atoms with Crippen LogP contribution in [0.3, 0.4) is 0 Å². The first-order chi connectivity index (χ1) is 7.74. The molecule has 0 aliphatic heterocycles. The van der Waals surface area contributed by atoms with Crippen LogP contribution >= 0.6 is 11.8 Å². The molecule has 88 valence electrons. The van der Waals surface area contributed by atoms with Gasteiger partial charge in [-0.05, 0) is 30.7 Å². The topological polar surface area (TPSA) is 60.8 Å². The van der Waals surface area contributed by atoms with Gasteiger partial charge in [0.1, 0.15) is 0 Å². The third-order valence-electron chi connectivity index (χ3n) is 2.18. The molecule has 0 spiro atoms. The van der Waals surface area contributed by atoms with E-state index in [0.29, 0.717) is 5.17 Å². The summed E-state index contributed by atoms with van der Waals surface area (Å²) in [5.41, 5.74) is 6.79. The molecule has 0 heterocycles. The highest BCUT2D eigenvalue weighted by molar-refractivity contribution is 8.13. The van der Waals surface area contributed by atoms with Gasteiger partial charge in [-0.15, -0.1) is 0 Å². The van der Waals surface area contributed by atoms with Crippen LogP contribution in [0.5, 0.6) is 0 Å². The number of ether oxygens (including phenoxy) is 1. The Hall–Kier alpha value is -1.00. The van der Waals surface area contributed by atoms with Crippen molar-refractivity contribution in [3.8, 4) is 0 Å². The highest BCUT2D eigenvalue weighted by atomic mass is 32.2. The lowest BCUT2D eigenvalue weighted by atomic mass is 10.1. The summed E-state index contributed by atoms with van der Waals surface area (Å²) in [5.74, 6) is 0. The van der Waals surface area contributed by atoms with Crippen LogP contribution in [-0.4, -0.2) is 18.4 Å². The maximum atomic E-state index is 5.55. The predicted octanol–water partition coefficient (Wildman–Crippen LogP) is 0.961. The number of amidine groups is 1. The van der Waals surface area contributed by atoms with Gasteiger partial charge >= 0.3 is 0 Å². The monoisotopic (exact) mass is 239 g/mol. The number of rotatable bonds is 6. The van der Waals surface area contributed by atoms with Crippen molar-refractivity contribution in [2.75, 3.05) is 13.2 Å². The molecule has 0 aliphatic carbocycles. The minimum atomic E-state index is 0.276. The maximum absolute atomic E-state index is 5.55. The lowest BCUT2D eigenvalue weighted by Crippen LogP contribution is -2.43. The zero-order chi connectivity index (χ0) is 11.8. The van der Waals surface area contributed by atoms with Crippen LogP contribution in [0.4, 0.5) is 0 Å². The molecule has 1 unspecified atom stereocenters. The molecule has 0 radical (unpaired) electrons. The van der Waals surface area contributed by atoms with Gasteiger partial charge in [-0.25, -0.2) is 0 Å². The largest absolute Gasteiger partial charge is 0.382 e. The smallest absolute Gasteiger partial charge is 0.300 e. The molecule has 1 aromatic rings. The van der Waals surface area contributed by atoms with E-state index in [0.717, 1.165) is 19.6 Å². The summed E-state index contributed by atoms with van der Waals surface area (Å²) in [6, 6.07) is 10.2. The first-order valence-electron chi connectivity index (χ1n) is 5.41. The Morgan fingerprint density at radius 3 is 2.69 bits per heavy atom. The number of hydrogen-bond donors (Lipinski definition) is 2. The Morgan fingerprint density at radius 2 is 2.12 bits per heavy atom. The highest BCUT2D eigenvalue weighted by Gasteiger charge is 2.15. The molecule has 16 heavy (non-hydrogen) atoms. The molecule has 0 amide bonds. The van der Waals surface area contributed by atoms with Gasteiger partial charge in [0.05, 0.1) is 0 Å². The van der Waals surface area contributed by atoms with Crippen LogP contribution in [0.2, 0.25) is 0 Å². The SMILES string of the molecule is CCOCCC(SC(N)=[NH2+])c1ccccc1. The molecular formula is C12H19N2OS+. The van der Waals surface area contributed by atoms with Crippen molar-refractivity contribution in [2.24, 2.45) is 5.73 Å². The first-order valence-corrected chi connectivity index (χ1v) is 6.29. The molecule has 0 bridgehead atoms. The van der Waals surface area contributed by atoms with Crippen molar-refractivity contribution < 1.29 is 10.1 Å². The van der Waals surface area contributed by atoms with Crippen molar-refractivity contribution in [1.82, 2.24) is 0 Å². The summed E-state index contributed by atoms with van der Waals surface area (Å²) in [6.07, 6.45) is 0.917. The van der Waals surface area contributed by atoms with Gasteiger partial charge in [-0.1, -0.05) is 30.3 Å². The second-order valence-corrected chi connectivity index (χ2v) is 4.68. The van der Waals surface area contributed by atoms with Crippen LogP contribution < -0.4 is 11.1 Å². The summed E-state index contributed by atoms with van der Waals surface area (Å²) < 4.78 is 5.36. The minimum Gasteiger partial charge on any atom is -0.382 e. The molecule has 0 aromatic heterocycles. The summed E-state index contributed by atoms with van der Waals surface area (Å²) in [4.78, 5) is 0. The molecule has 4 heteroatoms. The van der Waals surface area contributed by atoms with Crippen LogP contribution in [0.15, 0.2) is 30.3 Å². The van der Waals surface area contributed by atoms with E-state index in [1.54, 1.807) is 0 Å². The van der Waals surface area contributed by atoms with Crippen molar-refractivity contribution in [3.63, 3.8) is 0 Å². The summed E-state index contributed by atoms with van der Waals surface area (Å²) in [7, 11) is 0. The lowest BCUT2D eigenvalue weighted by molar-refractivity contribution is -0.110. The van der Waals surface area contributed by atoms with Crippen molar-refractivity contribution in [2.45, 2.75) is 18.6 Å². The summed E-state index contributed by atoms with van der Waals surface area (Å²) in [6.45, 7) is 3.47. The summed E-state index contributed by atoms with van der Waals surface area (Å²) in [5, 5.41) is 6.23. The Labute approximate surface area is 101 Å². The van der Waals surface area contributed by atoms with E-state index in [4.69, 9.17) is 15.9 Å².